The van der Waals surface area contributed by atoms with Crippen molar-refractivity contribution >= 4 is 17.5 Å². The molecule has 0 aliphatic heterocycles. The minimum absolute atomic E-state index is 0.1000. The number of aryl methyl sites for hydroxylation is 2. The Morgan fingerprint density at radius 1 is 1.17 bits per heavy atom. The zero-order valence-corrected chi connectivity index (χ0v) is 12.7. The van der Waals surface area contributed by atoms with Crippen molar-refractivity contribution in [2.45, 2.75) is 40.7 Å². The molecule has 1 amide bonds. The number of alkyl halides is 1. The summed E-state index contributed by atoms with van der Waals surface area (Å²) in [7, 11) is 1.84. The van der Waals surface area contributed by atoms with Crippen molar-refractivity contribution < 1.29 is 4.79 Å². The molecule has 0 aliphatic carbocycles. The molecule has 0 atom stereocenters. The van der Waals surface area contributed by atoms with Gasteiger partial charge in [-0.3, -0.25) is 4.79 Å². The van der Waals surface area contributed by atoms with Crippen LogP contribution in [-0.2, 0) is 11.3 Å². The largest absolute Gasteiger partial charge is 0.341 e. The number of carbonyl (C=O) groups is 1. The summed E-state index contributed by atoms with van der Waals surface area (Å²) in [5.41, 5.74) is 6.39. The first-order valence-corrected chi connectivity index (χ1v) is 6.78. The fourth-order valence-electron chi connectivity index (χ4n) is 2.13. The third-order valence-corrected chi connectivity index (χ3v) is 3.84. The van der Waals surface area contributed by atoms with E-state index in [-0.39, 0.29) is 5.91 Å². The quantitative estimate of drug-likeness (QED) is 0.765. The van der Waals surface area contributed by atoms with E-state index in [1.807, 2.05) is 7.05 Å². The Kier molecular flexibility index (Phi) is 5.21. The van der Waals surface area contributed by atoms with E-state index in [4.69, 9.17) is 11.6 Å². The number of hydrogen-bond donors (Lipinski definition) is 0. The topological polar surface area (TPSA) is 20.3 Å². The molecule has 1 aromatic rings. The summed E-state index contributed by atoms with van der Waals surface area (Å²) in [4.78, 5) is 13.5. The van der Waals surface area contributed by atoms with Crippen molar-refractivity contribution in [1.82, 2.24) is 4.90 Å². The zero-order valence-electron chi connectivity index (χ0n) is 11.9. The molecular weight excluding hydrogens is 246 g/mol. The van der Waals surface area contributed by atoms with Crippen LogP contribution in [0.25, 0.3) is 0 Å². The average molecular weight is 268 g/mol. The summed E-state index contributed by atoms with van der Waals surface area (Å²) in [5.74, 6) is 0.483. The molecule has 0 heterocycles. The van der Waals surface area contributed by atoms with E-state index >= 15 is 0 Å². The van der Waals surface area contributed by atoms with Crippen molar-refractivity contribution in [3.05, 3.63) is 33.9 Å². The van der Waals surface area contributed by atoms with Crippen LogP contribution < -0.4 is 0 Å². The second-order valence-corrected chi connectivity index (χ2v) is 5.31. The van der Waals surface area contributed by atoms with Gasteiger partial charge in [-0.15, -0.1) is 11.6 Å². The lowest BCUT2D eigenvalue weighted by Crippen LogP contribution is -2.27. The summed E-state index contributed by atoms with van der Waals surface area (Å²) >= 11 is 5.61. The molecule has 0 unspecified atom stereocenters. The molecule has 0 aliphatic rings. The van der Waals surface area contributed by atoms with Gasteiger partial charge in [0.2, 0.25) is 5.91 Å². The smallest absolute Gasteiger partial charge is 0.223 e. The van der Waals surface area contributed by atoms with Gasteiger partial charge in [-0.2, -0.15) is 0 Å². The highest BCUT2D eigenvalue weighted by Crippen LogP contribution is 2.22. The molecule has 1 rings (SSSR count). The van der Waals surface area contributed by atoms with Crippen molar-refractivity contribution in [2.75, 3.05) is 12.9 Å². The third kappa shape index (κ3) is 3.26. The number of halogens is 1. The number of carbonyl (C=O) groups excluding carboxylic acids is 1. The molecule has 0 fully saturated rings. The summed E-state index contributed by atoms with van der Waals surface area (Å²) in [6.07, 6.45) is 0.404. The Morgan fingerprint density at radius 2 is 1.67 bits per heavy atom. The van der Waals surface area contributed by atoms with E-state index in [0.717, 1.165) is 0 Å². The minimum Gasteiger partial charge on any atom is -0.341 e. The minimum atomic E-state index is 0.1000. The van der Waals surface area contributed by atoms with Gasteiger partial charge in [0.15, 0.2) is 0 Å². The average Bonchev–Trinajstić information content (AvgIpc) is 2.32. The van der Waals surface area contributed by atoms with Gasteiger partial charge in [0.05, 0.1) is 0 Å². The van der Waals surface area contributed by atoms with E-state index < -0.39 is 0 Å². The van der Waals surface area contributed by atoms with E-state index in [0.29, 0.717) is 18.8 Å². The van der Waals surface area contributed by atoms with Crippen LogP contribution in [0.3, 0.4) is 0 Å². The fraction of sp³-hybridized carbons (Fsp3) is 0.533. The Morgan fingerprint density at radius 3 is 2.11 bits per heavy atom. The Bertz CT molecular complexity index is 428. The van der Waals surface area contributed by atoms with Gasteiger partial charge in [-0.25, -0.2) is 0 Å². The Hall–Kier alpha value is -1.02. The zero-order chi connectivity index (χ0) is 13.9. The fourth-order valence-corrected chi connectivity index (χ4v) is 2.29. The molecule has 2 nitrogen and oxygen atoms in total. The number of amides is 1. The van der Waals surface area contributed by atoms with Crippen LogP contribution in [0, 0.1) is 27.7 Å². The van der Waals surface area contributed by atoms with E-state index in [1.165, 1.54) is 27.8 Å². The molecule has 100 valence electrons. The van der Waals surface area contributed by atoms with Crippen LogP contribution in [-0.4, -0.2) is 23.7 Å². The van der Waals surface area contributed by atoms with Crippen molar-refractivity contribution in [3.8, 4) is 0 Å². The first-order chi connectivity index (χ1) is 8.38. The van der Waals surface area contributed by atoms with Crippen molar-refractivity contribution in [3.63, 3.8) is 0 Å². The highest BCUT2D eigenvalue weighted by atomic mass is 35.5. The van der Waals surface area contributed by atoms with Crippen LogP contribution in [0.2, 0.25) is 0 Å². The summed E-state index contributed by atoms with van der Waals surface area (Å²) in [5, 5.41) is 0. The van der Waals surface area contributed by atoms with Gasteiger partial charge in [0.25, 0.3) is 0 Å². The van der Waals surface area contributed by atoms with Gasteiger partial charge < -0.3 is 4.90 Å². The van der Waals surface area contributed by atoms with Crippen LogP contribution >= 0.6 is 11.6 Å². The molecule has 0 saturated heterocycles. The lowest BCUT2D eigenvalue weighted by Gasteiger charge is -2.22. The maximum Gasteiger partial charge on any atom is 0.223 e. The van der Waals surface area contributed by atoms with Gasteiger partial charge in [-0.05, 0) is 55.5 Å². The lowest BCUT2D eigenvalue weighted by atomic mass is 9.94. The molecule has 0 spiro atoms. The molecule has 0 radical (unpaired) electrons. The van der Waals surface area contributed by atoms with Crippen molar-refractivity contribution in [1.29, 1.82) is 0 Å². The molecule has 0 saturated carbocycles. The van der Waals surface area contributed by atoms with Crippen LogP contribution in [0.5, 0.6) is 0 Å². The highest BCUT2D eigenvalue weighted by Gasteiger charge is 2.13. The number of hydrogen-bond acceptors (Lipinski definition) is 1. The predicted octanol–water partition coefficient (Wildman–Crippen LogP) is 3.51. The molecule has 0 aromatic heterocycles. The van der Waals surface area contributed by atoms with Crippen molar-refractivity contribution in [2.24, 2.45) is 0 Å². The number of nitrogens with zero attached hydrogens (tertiary/aromatic N) is 1. The van der Waals surface area contributed by atoms with Gasteiger partial charge in [-0.1, -0.05) is 6.07 Å². The molecule has 3 heteroatoms. The Labute approximate surface area is 115 Å². The summed E-state index contributed by atoms with van der Waals surface area (Å²) in [6.45, 7) is 9.14. The second kappa shape index (κ2) is 6.24. The standard InChI is InChI=1S/C15H22ClNO/c1-10-8-11(2)13(4)14(12(10)3)9-17(5)15(18)6-7-16/h8H,6-7,9H2,1-5H3. The molecular formula is C15H22ClNO. The summed E-state index contributed by atoms with van der Waals surface area (Å²) < 4.78 is 0. The normalized spacial score (nSPS) is 10.6. The van der Waals surface area contributed by atoms with Gasteiger partial charge >= 0.3 is 0 Å². The number of benzene rings is 1. The van der Waals surface area contributed by atoms with Crippen LogP contribution in [0.1, 0.15) is 34.2 Å². The predicted molar refractivity (Wildman–Crippen MR) is 77.2 cm³/mol. The SMILES string of the molecule is Cc1cc(C)c(C)c(CN(C)C(=O)CCCl)c1C. The Balaban J connectivity index is 3.00. The molecule has 0 bridgehead atoms. The highest BCUT2D eigenvalue weighted by molar-refractivity contribution is 6.18. The first-order valence-electron chi connectivity index (χ1n) is 6.24. The van der Waals surface area contributed by atoms with E-state index in [1.54, 1.807) is 4.90 Å². The maximum atomic E-state index is 11.8. The monoisotopic (exact) mass is 267 g/mol. The summed E-state index contributed by atoms with van der Waals surface area (Å²) in [6, 6.07) is 2.20. The molecule has 1 aromatic carbocycles. The van der Waals surface area contributed by atoms with Gasteiger partial charge in [0.1, 0.15) is 0 Å². The number of rotatable bonds is 4. The molecule has 18 heavy (non-hydrogen) atoms. The first kappa shape index (κ1) is 15.0. The lowest BCUT2D eigenvalue weighted by molar-refractivity contribution is -0.130. The second-order valence-electron chi connectivity index (χ2n) is 4.93. The van der Waals surface area contributed by atoms with E-state index in [2.05, 4.69) is 33.8 Å². The van der Waals surface area contributed by atoms with Gasteiger partial charge in [0, 0.05) is 25.9 Å². The maximum absolute atomic E-state index is 11.8. The van der Waals surface area contributed by atoms with Crippen LogP contribution in [0.15, 0.2) is 6.07 Å². The third-order valence-electron chi connectivity index (χ3n) is 3.65. The van der Waals surface area contributed by atoms with E-state index in [9.17, 15) is 4.79 Å². The molecule has 0 N–H and O–H groups in total. The van der Waals surface area contributed by atoms with Crippen LogP contribution in [0.4, 0.5) is 0 Å².